The third kappa shape index (κ3) is 11.8. The minimum absolute atomic E-state index is 0.624. The van der Waals surface area contributed by atoms with E-state index in [0.717, 1.165) is 11.8 Å². The van der Waals surface area contributed by atoms with Crippen molar-refractivity contribution in [3.63, 3.8) is 0 Å². The summed E-state index contributed by atoms with van der Waals surface area (Å²) in [7, 11) is 0. The average molecular weight is 239 g/mol. The molecule has 2 atom stereocenters. The molecule has 0 unspecified atom stereocenters. The van der Waals surface area contributed by atoms with E-state index in [1.165, 1.54) is 38.5 Å². The van der Waals surface area contributed by atoms with Gasteiger partial charge in [-0.05, 0) is 50.6 Å². The van der Waals surface area contributed by atoms with Crippen molar-refractivity contribution < 1.29 is 0 Å². The van der Waals surface area contributed by atoms with Gasteiger partial charge < -0.3 is 5.32 Å². The van der Waals surface area contributed by atoms with Crippen LogP contribution in [0.15, 0.2) is 12.3 Å². The summed E-state index contributed by atoms with van der Waals surface area (Å²) in [6.45, 7) is 11.5. The minimum Gasteiger partial charge on any atom is -0.389 e. The van der Waals surface area contributed by atoms with Crippen molar-refractivity contribution in [1.82, 2.24) is 5.32 Å². The molecular formula is C16H33N. The van der Waals surface area contributed by atoms with Gasteiger partial charge in [-0.3, -0.25) is 0 Å². The zero-order valence-electron chi connectivity index (χ0n) is 12.6. The van der Waals surface area contributed by atoms with E-state index in [1.807, 2.05) is 0 Å². The van der Waals surface area contributed by atoms with Gasteiger partial charge in [0.2, 0.25) is 0 Å². The quantitative estimate of drug-likeness (QED) is 0.557. The van der Waals surface area contributed by atoms with Gasteiger partial charge in [0, 0.05) is 6.04 Å². The lowest BCUT2D eigenvalue weighted by Crippen LogP contribution is -2.19. The maximum absolute atomic E-state index is 3.45. The SMILES string of the molecule is CCCC[C@@H](C)N/C=C\CC[C@@H](C)CC(C)C. The Hall–Kier alpha value is -0.460. The standard InChI is InChI=1S/C16H33N/c1-6-7-11-16(5)17-12-9-8-10-15(4)13-14(2)3/h9,12,14-17H,6-8,10-11,13H2,1-5H3/b12-9-/t15-,16-/m1/s1. The highest BCUT2D eigenvalue weighted by Crippen LogP contribution is 2.16. The molecule has 0 aromatic carbocycles. The molecule has 0 spiro atoms. The van der Waals surface area contributed by atoms with E-state index in [0.29, 0.717) is 6.04 Å². The van der Waals surface area contributed by atoms with E-state index in [1.54, 1.807) is 0 Å². The first-order valence-electron chi connectivity index (χ1n) is 7.47. The number of rotatable bonds is 10. The van der Waals surface area contributed by atoms with Crippen LogP contribution in [0.3, 0.4) is 0 Å². The fourth-order valence-electron chi connectivity index (χ4n) is 2.21. The Labute approximate surface area is 109 Å². The number of hydrogen-bond donors (Lipinski definition) is 1. The molecule has 0 aliphatic rings. The van der Waals surface area contributed by atoms with E-state index in [-0.39, 0.29) is 0 Å². The molecule has 0 saturated carbocycles. The summed E-state index contributed by atoms with van der Waals surface area (Å²) < 4.78 is 0. The lowest BCUT2D eigenvalue weighted by molar-refractivity contribution is 0.417. The molecule has 0 saturated heterocycles. The van der Waals surface area contributed by atoms with Crippen LogP contribution in [0.1, 0.15) is 73.1 Å². The molecule has 0 fully saturated rings. The van der Waals surface area contributed by atoms with Crippen LogP contribution in [0.4, 0.5) is 0 Å². The first-order valence-corrected chi connectivity index (χ1v) is 7.47. The fourth-order valence-corrected chi connectivity index (χ4v) is 2.21. The van der Waals surface area contributed by atoms with Crippen LogP contribution in [0.5, 0.6) is 0 Å². The molecule has 0 radical (unpaired) electrons. The summed E-state index contributed by atoms with van der Waals surface area (Å²) >= 11 is 0. The Morgan fingerprint density at radius 3 is 2.35 bits per heavy atom. The zero-order valence-corrected chi connectivity index (χ0v) is 12.6. The molecule has 0 bridgehead atoms. The van der Waals surface area contributed by atoms with Crippen molar-refractivity contribution in [2.45, 2.75) is 79.2 Å². The largest absolute Gasteiger partial charge is 0.389 e. The molecule has 1 nitrogen and oxygen atoms in total. The minimum atomic E-state index is 0.624. The predicted octanol–water partition coefficient (Wildman–Crippen LogP) is 5.13. The molecule has 0 amide bonds. The highest BCUT2D eigenvalue weighted by atomic mass is 14.9. The molecule has 102 valence electrons. The molecule has 1 N–H and O–H groups in total. The summed E-state index contributed by atoms with van der Waals surface area (Å²) in [5.74, 6) is 1.69. The highest BCUT2D eigenvalue weighted by molar-refractivity contribution is 4.82. The van der Waals surface area contributed by atoms with Gasteiger partial charge in [-0.2, -0.15) is 0 Å². The van der Waals surface area contributed by atoms with Crippen LogP contribution < -0.4 is 5.32 Å². The van der Waals surface area contributed by atoms with Crippen LogP contribution in [0.2, 0.25) is 0 Å². The summed E-state index contributed by atoms with van der Waals surface area (Å²) in [5, 5.41) is 3.45. The van der Waals surface area contributed by atoms with E-state index in [4.69, 9.17) is 0 Å². The van der Waals surface area contributed by atoms with Crippen molar-refractivity contribution in [2.24, 2.45) is 11.8 Å². The Morgan fingerprint density at radius 1 is 1.06 bits per heavy atom. The monoisotopic (exact) mass is 239 g/mol. The van der Waals surface area contributed by atoms with Crippen LogP contribution >= 0.6 is 0 Å². The Balaban J connectivity index is 3.47. The topological polar surface area (TPSA) is 12.0 Å². The summed E-state index contributed by atoms with van der Waals surface area (Å²) in [6.07, 6.45) is 12.2. The van der Waals surface area contributed by atoms with E-state index in [9.17, 15) is 0 Å². The first kappa shape index (κ1) is 16.5. The predicted molar refractivity (Wildman–Crippen MR) is 79.1 cm³/mol. The number of allylic oxidation sites excluding steroid dienone is 1. The van der Waals surface area contributed by atoms with Crippen LogP contribution in [-0.2, 0) is 0 Å². The lowest BCUT2D eigenvalue weighted by Gasteiger charge is -2.13. The van der Waals surface area contributed by atoms with Gasteiger partial charge in [0.15, 0.2) is 0 Å². The molecule has 0 rings (SSSR count). The first-order chi connectivity index (χ1) is 8.06. The molecule has 0 aliphatic heterocycles. The van der Waals surface area contributed by atoms with Gasteiger partial charge in [0.25, 0.3) is 0 Å². The van der Waals surface area contributed by atoms with Gasteiger partial charge in [-0.1, -0.05) is 46.6 Å². The van der Waals surface area contributed by atoms with Gasteiger partial charge >= 0.3 is 0 Å². The van der Waals surface area contributed by atoms with Crippen LogP contribution in [0, 0.1) is 11.8 Å². The third-order valence-corrected chi connectivity index (χ3v) is 3.19. The zero-order chi connectivity index (χ0) is 13.1. The molecule has 0 aromatic rings. The second-order valence-corrected chi connectivity index (χ2v) is 5.92. The average Bonchev–Trinajstić information content (AvgIpc) is 2.24. The fraction of sp³-hybridized carbons (Fsp3) is 0.875. The maximum Gasteiger partial charge on any atom is 0.0227 e. The van der Waals surface area contributed by atoms with Crippen molar-refractivity contribution in [2.75, 3.05) is 0 Å². The molecule has 0 heterocycles. The van der Waals surface area contributed by atoms with Gasteiger partial charge in [-0.25, -0.2) is 0 Å². The Kier molecular flexibility index (Phi) is 10.4. The second kappa shape index (κ2) is 10.7. The smallest absolute Gasteiger partial charge is 0.0227 e. The second-order valence-electron chi connectivity index (χ2n) is 5.92. The third-order valence-electron chi connectivity index (χ3n) is 3.19. The highest BCUT2D eigenvalue weighted by Gasteiger charge is 2.03. The van der Waals surface area contributed by atoms with Crippen molar-refractivity contribution in [1.29, 1.82) is 0 Å². The lowest BCUT2D eigenvalue weighted by atomic mass is 9.95. The van der Waals surface area contributed by atoms with Crippen molar-refractivity contribution in [3.05, 3.63) is 12.3 Å². The summed E-state index contributed by atoms with van der Waals surface area (Å²) in [4.78, 5) is 0. The van der Waals surface area contributed by atoms with Gasteiger partial charge in [-0.15, -0.1) is 0 Å². The molecular weight excluding hydrogens is 206 g/mol. The van der Waals surface area contributed by atoms with E-state index >= 15 is 0 Å². The molecule has 0 aliphatic carbocycles. The van der Waals surface area contributed by atoms with Gasteiger partial charge in [0.05, 0.1) is 0 Å². The molecule has 17 heavy (non-hydrogen) atoms. The van der Waals surface area contributed by atoms with Crippen LogP contribution in [-0.4, -0.2) is 6.04 Å². The number of unbranched alkanes of at least 4 members (excludes halogenated alkanes) is 1. The summed E-state index contributed by atoms with van der Waals surface area (Å²) in [5.41, 5.74) is 0. The van der Waals surface area contributed by atoms with Crippen molar-refractivity contribution >= 4 is 0 Å². The van der Waals surface area contributed by atoms with E-state index < -0.39 is 0 Å². The normalized spacial score (nSPS) is 15.4. The number of nitrogens with one attached hydrogen (secondary N) is 1. The van der Waals surface area contributed by atoms with Crippen molar-refractivity contribution in [3.8, 4) is 0 Å². The molecule has 1 heteroatoms. The number of hydrogen-bond acceptors (Lipinski definition) is 1. The summed E-state index contributed by atoms with van der Waals surface area (Å²) in [6, 6.07) is 0.624. The van der Waals surface area contributed by atoms with E-state index in [2.05, 4.69) is 52.2 Å². The Morgan fingerprint density at radius 2 is 1.76 bits per heavy atom. The van der Waals surface area contributed by atoms with Crippen LogP contribution in [0.25, 0.3) is 0 Å². The maximum atomic E-state index is 3.45. The van der Waals surface area contributed by atoms with Gasteiger partial charge in [0.1, 0.15) is 0 Å². The Bertz CT molecular complexity index is 184. The molecule has 0 aromatic heterocycles.